The smallest absolute Gasteiger partial charge is 0.366 e. The minimum Gasteiger partial charge on any atom is -0.366 e. The van der Waals surface area contributed by atoms with E-state index in [-0.39, 0.29) is 12.1 Å². The molecular weight excluding hydrogens is 379 g/mol. The highest BCUT2D eigenvalue weighted by atomic mass is 19.4. The number of hydrogen-bond donors (Lipinski definition) is 1. The molecule has 4 rings (SSSR count). The molecule has 0 aliphatic heterocycles. The third-order valence-corrected chi connectivity index (χ3v) is 4.91. The van der Waals surface area contributed by atoms with Crippen LogP contribution in [0.4, 0.5) is 13.2 Å². The van der Waals surface area contributed by atoms with Gasteiger partial charge in [0.05, 0.1) is 28.2 Å². The molecule has 0 saturated carbocycles. The van der Waals surface area contributed by atoms with E-state index in [9.17, 15) is 18.0 Å². The van der Waals surface area contributed by atoms with Crippen molar-refractivity contribution in [3.05, 3.63) is 82.9 Å². The van der Waals surface area contributed by atoms with E-state index >= 15 is 0 Å². The van der Waals surface area contributed by atoms with E-state index in [1.165, 1.54) is 6.07 Å². The van der Waals surface area contributed by atoms with Crippen molar-refractivity contribution in [1.82, 2.24) is 4.57 Å². The first-order chi connectivity index (χ1) is 13.8. The second kappa shape index (κ2) is 6.67. The lowest BCUT2D eigenvalue weighted by Gasteiger charge is -2.10. The Labute approximate surface area is 163 Å². The fraction of sp³-hybridized carbons (Fsp3) is 0.0909. The Bertz CT molecular complexity index is 1300. The molecule has 1 heterocycles. The van der Waals surface area contributed by atoms with Crippen molar-refractivity contribution in [2.45, 2.75) is 12.7 Å². The van der Waals surface area contributed by atoms with Crippen LogP contribution in [0, 0.1) is 11.3 Å². The standard InChI is InChI=1S/C22H14F3N3O/c23-22(24,25)15-8-9-16-19(10-15)28(12-14-6-4-13(11-26)5-7-14)18-3-1-2-17(20(16)18)21(27)29/h1-10H,12H2,(H2,27,29). The van der Waals surface area contributed by atoms with Crippen molar-refractivity contribution in [2.24, 2.45) is 5.73 Å². The summed E-state index contributed by atoms with van der Waals surface area (Å²) in [5, 5.41) is 10.0. The monoisotopic (exact) mass is 393 g/mol. The summed E-state index contributed by atoms with van der Waals surface area (Å²) in [4.78, 5) is 11.9. The number of nitrogens with zero attached hydrogens (tertiary/aromatic N) is 2. The molecule has 2 N–H and O–H groups in total. The summed E-state index contributed by atoms with van der Waals surface area (Å²) in [6.45, 7) is 0.273. The van der Waals surface area contributed by atoms with Gasteiger partial charge in [0.25, 0.3) is 0 Å². The van der Waals surface area contributed by atoms with Crippen LogP contribution in [0.2, 0.25) is 0 Å². The minimum absolute atomic E-state index is 0.255. The first-order valence-electron chi connectivity index (χ1n) is 8.70. The van der Waals surface area contributed by atoms with Gasteiger partial charge in [-0.25, -0.2) is 0 Å². The summed E-state index contributed by atoms with van der Waals surface area (Å²) >= 11 is 0. The molecule has 0 aliphatic rings. The molecule has 7 heteroatoms. The van der Waals surface area contributed by atoms with Gasteiger partial charge in [-0.2, -0.15) is 18.4 Å². The van der Waals surface area contributed by atoms with Gasteiger partial charge < -0.3 is 10.3 Å². The van der Waals surface area contributed by atoms with Crippen LogP contribution in [0.25, 0.3) is 21.8 Å². The van der Waals surface area contributed by atoms with Crippen LogP contribution in [0.15, 0.2) is 60.7 Å². The maximum Gasteiger partial charge on any atom is 0.416 e. The molecule has 4 aromatic rings. The summed E-state index contributed by atoms with van der Waals surface area (Å²) in [5.74, 6) is -0.645. The predicted molar refractivity (Wildman–Crippen MR) is 103 cm³/mol. The second-order valence-corrected chi connectivity index (χ2v) is 6.69. The lowest BCUT2D eigenvalue weighted by molar-refractivity contribution is -0.137. The zero-order valence-corrected chi connectivity index (χ0v) is 15.0. The van der Waals surface area contributed by atoms with Gasteiger partial charge in [-0.05, 0) is 42.0 Å². The summed E-state index contributed by atoms with van der Waals surface area (Å²) < 4.78 is 41.7. The lowest BCUT2D eigenvalue weighted by atomic mass is 10.0. The maximum absolute atomic E-state index is 13.3. The fourth-order valence-corrected chi connectivity index (χ4v) is 3.56. The molecule has 1 amide bonds. The number of nitrogens with two attached hydrogens (primary N) is 1. The SMILES string of the molecule is N#Cc1ccc(Cn2c3cc(C(F)(F)F)ccc3c3c(C(N)=O)cccc32)cc1. The van der Waals surface area contributed by atoms with E-state index in [0.717, 1.165) is 17.7 Å². The van der Waals surface area contributed by atoms with Crippen molar-refractivity contribution in [3.8, 4) is 6.07 Å². The number of hydrogen-bond acceptors (Lipinski definition) is 2. The van der Waals surface area contributed by atoms with Crippen LogP contribution in [-0.2, 0) is 12.7 Å². The number of benzene rings is 3. The quantitative estimate of drug-likeness (QED) is 0.541. The van der Waals surface area contributed by atoms with Gasteiger partial charge >= 0.3 is 6.18 Å². The van der Waals surface area contributed by atoms with Crippen molar-refractivity contribution < 1.29 is 18.0 Å². The molecular formula is C22H14F3N3O. The highest BCUT2D eigenvalue weighted by Gasteiger charge is 2.31. The topological polar surface area (TPSA) is 71.8 Å². The molecule has 1 aromatic heterocycles. The Balaban J connectivity index is 2.02. The third-order valence-electron chi connectivity index (χ3n) is 4.91. The van der Waals surface area contributed by atoms with E-state index in [2.05, 4.69) is 0 Å². The Morgan fingerprint density at radius 1 is 1.03 bits per heavy atom. The van der Waals surface area contributed by atoms with Crippen molar-refractivity contribution >= 4 is 27.7 Å². The molecule has 0 atom stereocenters. The predicted octanol–water partition coefficient (Wildman–Crippen LogP) is 4.83. The van der Waals surface area contributed by atoms with Gasteiger partial charge in [-0.1, -0.05) is 24.3 Å². The van der Waals surface area contributed by atoms with Crippen molar-refractivity contribution in [1.29, 1.82) is 5.26 Å². The number of amides is 1. The highest BCUT2D eigenvalue weighted by molar-refractivity contribution is 6.18. The molecule has 144 valence electrons. The van der Waals surface area contributed by atoms with Crippen LogP contribution in [0.5, 0.6) is 0 Å². The first kappa shape index (κ1) is 18.6. The minimum atomic E-state index is -4.49. The van der Waals surface area contributed by atoms with Gasteiger partial charge in [-0.15, -0.1) is 0 Å². The number of alkyl halides is 3. The van der Waals surface area contributed by atoms with Gasteiger partial charge in [0.1, 0.15) is 0 Å². The molecule has 4 nitrogen and oxygen atoms in total. The number of fused-ring (bicyclic) bond motifs is 3. The van der Waals surface area contributed by atoms with Gasteiger partial charge in [0.2, 0.25) is 5.91 Å². The number of primary amides is 1. The van der Waals surface area contributed by atoms with Crippen molar-refractivity contribution in [2.75, 3.05) is 0 Å². The number of aromatic nitrogens is 1. The summed E-state index contributed by atoms with van der Waals surface area (Å²) in [7, 11) is 0. The molecule has 0 saturated heterocycles. The fourth-order valence-electron chi connectivity index (χ4n) is 3.56. The molecule has 0 fully saturated rings. The summed E-state index contributed by atoms with van der Waals surface area (Å²) in [5.41, 5.74) is 7.26. The van der Waals surface area contributed by atoms with E-state index in [0.29, 0.717) is 27.4 Å². The van der Waals surface area contributed by atoms with Crippen LogP contribution in [0.1, 0.15) is 27.0 Å². The van der Waals surface area contributed by atoms with E-state index in [4.69, 9.17) is 11.0 Å². The highest BCUT2D eigenvalue weighted by Crippen LogP contribution is 2.37. The number of rotatable bonds is 3. The van der Waals surface area contributed by atoms with Gasteiger partial charge in [-0.3, -0.25) is 4.79 Å². The normalized spacial score (nSPS) is 11.7. The van der Waals surface area contributed by atoms with Crippen LogP contribution in [0.3, 0.4) is 0 Å². The first-order valence-corrected chi connectivity index (χ1v) is 8.70. The number of nitriles is 1. The van der Waals surface area contributed by atoms with Gasteiger partial charge in [0, 0.05) is 22.9 Å². The molecule has 0 unspecified atom stereocenters. The van der Waals surface area contributed by atoms with E-state index in [1.807, 2.05) is 6.07 Å². The van der Waals surface area contributed by atoms with Crippen molar-refractivity contribution in [3.63, 3.8) is 0 Å². The lowest BCUT2D eigenvalue weighted by Crippen LogP contribution is -2.11. The average molecular weight is 393 g/mol. The number of carbonyl (C=O) groups is 1. The summed E-state index contributed by atoms with van der Waals surface area (Å²) in [6.07, 6.45) is -4.49. The number of carbonyl (C=O) groups excluding carboxylic acids is 1. The third kappa shape index (κ3) is 3.19. The molecule has 0 spiro atoms. The second-order valence-electron chi connectivity index (χ2n) is 6.69. The molecule has 29 heavy (non-hydrogen) atoms. The zero-order valence-electron chi connectivity index (χ0n) is 15.0. The molecule has 0 aliphatic carbocycles. The Morgan fingerprint density at radius 2 is 1.76 bits per heavy atom. The summed E-state index contributed by atoms with van der Waals surface area (Å²) in [6, 6.07) is 17.3. The van der Waals surface area contributed by atoms with Crippen LogP contribution in [-0.4, -0.2) is 10.5 Å². The molecule has 0 radical (unpaired) electrons. The zero-order chi connectivity index (χ0) is 20.8. The molecule has 0 bridgehead atoms. The molecule has 3 aromatic carbocycles. The maximum atomic E-state index is 13.3. The van der Waals surface area contributed by atoms with Gasteiger partial charge in [0.15, 0.2) is 0 Å². The van der Waals surface area contributed by atoms with E-state index in [1.54, 1.807) is 47.0 Å². The van der Waals surface area contributed by atoms with E-state index < -0.39 is 17.6 Å². The average Bonchev–Trinajstić information content (AvgIpc) is 3.01. The van der Waals surface area contributed by atoms with Crippen LogP contribution >= 0.6 is 0 Å². The number of halogens is 3. The van der Waals surface area contributed by atoms with Crippen LogP contribution < -0.4 is 5.73 Å². The largest absolute Gasteiger partial charge is 0.416 e. The Hall–Kier alpha value is -3.79. The Morgan fingerprint density at radius 3 is 2.38 bits per heavy atom. The Kier molecular flexibility index (Phi) is 4.27.